The predicted octanol–water partition coefficient (Wildman–Crippen LogP) is 4.57. The van der Waals surface area contributed by atoms with Crippen LogP contribution in [0.15, 0.2) is 40.9 Å². The number of furan rings is 1. The Morgan fingerprint density at radius 1 is 1.09 bits per heavy atom. The molecule has 1 saturated carbocycles. The molecule has 0 bridgehead atoms. The van der Waals surface area contributed by atoms with E-state index in [2.05, 4.69) is 34.6 Å². The largest absolute Gasteiger partial charge is 0.508 e. The van der Waals surface area contributed by atoms with Gasteiger partial charge in [0.25, 0.3) is 5.91 Å². The van der Waals surface area contributed by atoms with E-state index < -0.39 is 5.91 Å². The fourth-order valence-electron chi connectivity index (χ4n) is 4.16. The molecule has 4 rings (SSSR count). The number of phenolic OH excluding ortho intramolecular Hbond substituents is 1. The van der Waals surface area contributed by atoms with Gasteiger partial charge in [-0.15, -0.1) is 12.4 Å². The Hall–Kier alpha value is -3.10. The molecule has 3 N–H and O–H groups in total. The van der Waals surface area contributed by atoms with Crippen molar-refractivity contribution in [1.29, 1.82) is 0 Å². The summed E-state index contributed by atoms with van der Waals surface area (Å²) >= 11 is 0. The van der Waals surface area contributed by atoms with Gasteiger partial charge < -0.3 is 25.1 Å². The summed E-state index contributed by atoms with van der Waals surface area (Å²) in [5.41, 5.74) is 1.64. The third-order valence-electron chi connectivity index (χ3n) is 6.08. The first kappa shape index (κ1) is 24.5. The summed E-state index contributed by atoms with van der Waals surface area (Å²) in [6.45, 7) is 1.91. The molecule has 1 aliphatic rings. The smallest absolute Gasteiger partial charge is 0.294 e. The lowest BCUT2D eigenvalue weighted by atomic mass is 9.85. The van der Waals surface area contributed by atoms with Crippen molar-refractivity contribution in [2.24, 2.45) is 5.92 Å². The minimum atomic E-state index is -0.524. The second-order valence-corrected chi connectivity index (χ2v) is 8.62. The topological polar surface area (TPSA) is 108 Å². The van der Waals surface area contributed by atoms with Gasteiger partial charge in [0, 0.05) is 23.5 Å². The highest BCUT2D eigenvalue weighted by Gasteiger charge is 2.30. The molecule has 1 fully saturated rings. The van der Waals surface area contributed by atoms with Gasteiger partial charge in [-0.25, -0.2) is 4.98 Å². The molecule has 0 saturated heterocycles. The van der Waals surface area contributed by atoms with Gasteiger partial charge in [0.05, 0.1) is 0 Å². The second kappa shape index (κ2) is 10.2. The summed E-state index contributed by atoms with van der Waals surface area (Å²) in [7, 11) is 4.12. The number of nitrogens with zero attached hydrogens (tertiary/aromatic N) is 2. The number of anilines is 2. The Morgan fingerprint density at radius 3 is 2.45 bits per heavy atom. The monoisotopic (exact) mass is 472 g/mol. The predicted molar refractivity (Wildman–Crippen MR) is 130 cm³/mol. The van der Waals surface area contributed by atoms with Crippen molar-refractivity contribution >= 4 is 46.7 Å². The molecule has 33 heavy (non-hydrogen) atoms. The second-order valence-electron chi connectivity index (χ2n) is 8.62. The van der Waals surface area contributed by atoms with E-state index in [4.69, 9.17) is 4.42 Å². The summed E-state index contributed by atoms with van der Waals surface area (Å²) in [5, 5.41) is 16.1. The highest BCUT2D eigenvalue weighted by atomic mass is 35.5. The Balaban J connectivity index is 0.00000306. The zero-order valence-electron chi connectivity index (χ0n) is 18.9. The van der Waals surface area contributed by atoms with Crippen molar-refractivity contribution in [3.8, 4) is 5.75 Å². The molecule has 0 radical (unpaired) electrons. The minimum absolute atomic E-state index is 0. The summed E-state index contributed by atoms with van der Waals surface area (Å²) in [4.78, 5) is 32.4. The highest BCUT2D eigenvalue weighted by molar-refractivity contribution is 6.14. The standard InChI is InChI=1S/C24H28N4O4.ClH/c1-14-4-11-20(25-13-14)26-24(31)22-21(18-12-17(29)9-10-19(18)32-22)27-23(30)15-5-7-16(8-6-15)28(2)3;/h4,9-13,15-16,29H,5-8H2,1-3H3,(H,27,30)(H,25,26,31);1H. The van der Waals surface area contributed by atoms with Crippen molar-refractivity contribution in [1.82, 2.24) is 9.88 Å². The van der Waals surface area contributed by atoms with Crippen molar-refractivity contribution in [3.05, 3.63) is 47.9 Å². The number of benzene rings is 1. The molecule has 9 heteroatoms. The lowest BCUT2D eigenvalue weighted by Crippen LogP contribution is -2.35. The van der Waals surface area contributed by atoms with E-state index in [9.17, 15) is 14.7 Å². The van der Waals surface area contributed by atoms with Gasteiger partial charge in [0.2, 0.25) is 11.7 Å². The molecule has 2 heterocycles. The van der Waals surface area contributed by atoms with E-state index in [0.29, 0.717) is 22.8 Å². The lowest BCUT2D eigenvalue weighted by Gasteiger charge is -2.31. The average Bonchev–Trinajstić information content (AvgIpc) is 3.13. The summed E-state index contributed by atoms with van der Waals surface area (Å²) < 4.78 is 5.78. The molecule has 8 nitrogen and oxygen atoms in total. The van der Waals surface area contributed by atoms with Crippen LogP contribution in [-0.2, 0) is 4.79 Å². The first-order valence-electron chi connectivity index (χ1n) is 10.8. The SMILES string of the molecule is Cc1ccc(NC(=O)c2oc3ccc(O)cc3c2NC(=O)C2CCC(N(C)C)CC2)nc1.Cl. The van der Waals surface area contributed by atoms with Gasteiger partial charge in [0.15, 0.2) is 0 Å². The third-order valence-corrected chi connectivity index (χ3v) is 6.08. The van der Waals surface area contributed by atoms with Crippen LogP contribution in [0.1, 0.15) is 41.8 Å². The van der Waals surface area contributed by atoms with Gasteiger partial charge in [-0.1, -0.05) is 6.07 Å². The van der Waals surface area contributed by atoms with Gasteiger partial charge >= 0.3 is 0 Å². The number of hydrogen-bond acceptors (Lipinski definition) is 6. The molecule has 0 spiro atoms. The van der Waals surface area contributed by atoms with E-state index in [1.54, 1.807) is 18.3 Å². The van der Waals surface area contributed by atoms with E-state index in [-0.39, 0.29) is 41.4 Å². The van der Waals surface area contributed by atoms with Crippen LogP contribution in [0, 0.1) is 12.8 Å². The first-order valence-corrected chi connectivity index (χ1v) is 10.8. The highest BCUT2D eigenvalue weighted by Crippen LogP contribution is 2.35. The summed E-state index contributed by atoms with van der Waals surface area (Å²) in [6.07, 6.45) is 5.11. The number of aryl methyl sites for hydroxylation is 1. The molecule has 0 aliphatic heterocycles. The number of carbonyl (C=O) groups excluding carboxylic acids is 2. The summed E-state index contributed by atoms with van der Waals surface area (Å²) in [6, 6.07) is 8.55. The minimum Gasteiger partial charge on any atom is -0.508 e. The molecule has 1 aromatic carbocycles. The number of phenols is 1. The maximum absolute atomic E-state index is 13.1. The van der Waals surface area contributed by atoms with Crippen molar-refractivity contribution < 1.29 is 19.1 Å². The molecule has 176 valence electrons. The van der Waals surface area contributed by atoms with Crippen LogP contribution in [0.2, 0.25) is 0 Å². The number of hydrogen-bond donors (Lipinski definition) is 3. The van der Waals surface area contributed by atoms with Crippen LogP contribution in [0.5, 0.6) is 5.75 Å². The Labute approximate surface area is 198 Å². The molecular formula is C24H29ClN4O4. The van der Waals surface area contributed by atoms with Crippen molar-refractivity contribution in [2.75, 3.05) is 24.7 Å². The molecule has 1 aliphatic carbocycles. The number of fused-ring (bicyclic) bond motifs is 1. The number of halogens is 1. The van der Waals surface area contributed by atoms with Gasteiger partial charge in [-0.3, -0.25) is 9.59 Å². The van der Waals surface area contributed by atoms with E-state index in [1.807, 2.05) is 13.0 Å². The zero-order valence-corrected chi connectivity index (χ0v) is 19.7. The van der Waals surface area contributed by atoms with Crippen LogP contribution in [0.25, 0.3) is 11.0 Å². The van der Waals surface area contributed by atoms with Crippen LogP contribution >= 0.6 is 12.4 Å². The van der Waals surface area contributed by atoms with E-state index in [0.717, 1.165) is 31.2 Å². The number of pyridine rings is 1. The van der Waals surface area contributed by atoms with Crippen LogP contribution in [0.4, 0.5) is 11.5 Å². The lowest BCUT2D eigenvalue weighted by molar-refractivity contribution is -0.121. The van der Waals surface area contributed by atoms with Crippen LogP contribution < -0.4 is 10.6 Å². The Kier molecular flexibility index (Phi) is 7.61. The zero-order chi connectivity index (χ0) is 22.8. The number of amides is 2. The van der Waals surface area contributed by atoms with Crippen LogP contribution in [0.3, 0.4) is 0 Å². The van der Waals surface area contributed by atoms with E-state index >= 15 is 0 Å². The molecular weight excluding hydrogens is 444 g/mol. The maximum atomic E-state index is 13.1. The van der Waals surface area contributed by atoms with Gasteiger partial charge in [-0.05, 0) is 76.5 Å². The number of carbonyl (C=O) groups is 2. The van der Waals surface area contributed by atoms with Gasteiger partial charge in [-0.2, -0.15) is 0 Å². The quantitative estimate of drug-likeness (QED) is 0.501. The maximum Gasteiger partial charge on any atom is 0.294 e. The Bertz CT molecular complexity index is 1140. The van der Waals surface area contributed by atoms with Crippen molar-refractivity contribution in [2.45, 2.75) is 38.6 Å². The molecule has 3 aromatic rings. The van der Waals surface area contributed by atoms with Crippen LogP contribution in [-0.4, -0.2) is 46.9 Å². The fraction of sp³-hybridized carbons (Fsp3) is 0.375. The number of nitrogens with one attached hydrogen (secondary N) is 2. The normalized spacial score (nSPS) is 18.1. The molecule has 0 unspecified atom stereocenters. The van der Waals surface area contributed by atoms with Crippen molar-refractivity contribution in [3.63, 3.8) is 0 Å². The fourth-order valence-corrected chi connectivity index (χ4v) is 4.16. The van der Waals surface area contributed by atoms with E-state index in [1.165, 1.54) is 12.1 Å². The molecule has 2 aromatic heterocycles. The Morgan fingerprint density at radius 2 is 1.82 bits per heavy atom. The number of aromatic hydroxyl groups is 1. The third kappa shape index (κ3) is 5.46. The number of aromatic nitrogens is 1. The van der Waals surface area contributed by atoms with Gasteiger partial charge in [0.1, 0.15) is 22.8 Å². The summed E-state index contributed by atoms with van der Waals surface area (Å²) in [5.74, 6) is -0.429. The average molecular weight is 473 g/mol. The molecule has 0 atom stereocenters. The number of rotatable bonds is 5. The first-order chi connectivity index (χ1) is 15.3. The molecule has 2 amide bonds.